The van der Waals surface area contributed by atoms with E-state index in [0.29, 0.717) is 19.6 Å². The van der Waals surface area contributed by atoms with Crippen molar-refractivity contribution in [2.45, 2.75) is 59.7 Å². The number of likely N-dealkylation sites (tertiary alicyclic amines) is 1. The van der Waals surface area contributed by atoms with E-state index in [4.69, 9.17) is 4.98 Å². The Kier molecular flexibility index (Phi) is 7.49. The molecule has 1 saturated heterocycles. The lowest BCUT2D eigenvalue weighted by atomic mass is 10.00. The van der Waals surface area contributed by atoms with Crippen LogP contribution in [0.3, 0.4) is 0 Å². The number of rotatable bonds is 7. The standard InChI is InChI=1S/C29H39N7O2/c1-18(2)36-27-25(16-31-36)23(14-30-15-24-19(3)12-20(4)32-28(24)37)13-26(33-27)21-7-10-35(11-8-21)29(38)22-6-9-34(5)17-22/h7,12-13,16,18,22,30H,6,8-11,14-15,17H2,1-5H3,(H,32,37). The quantitative estimate of drug-likeness (QED) is 0.500. The van der Waals surface area contributed by atoms with E-state index in [1.165, 1.54) is 5.57 Å². The van der Waals surface area contributed by atoms with Gasteiger partial charge in [0.15, 0.2) is 5.65 Å². The summed E-state index contributed by atoms with van der Waals surface area (Å²) in [5.74, 6) is 0.393. The summed E-state index contributed by atoms with van der Waals surface area (Å²) in [6.07, 6.45) is 5.79. The van der Waals surface area contributed by atoms with Crippen molar-refractivity contribution in [2.24, 2.45) is 5.92 Å². The third-order valence-corrected chi connectivity index (χ3v) is 7.84. The minimum Gasteiger partial charge on any atom is -0.338 e. The van der Waals surface area contributed by atoms with E-state index in [9.17, 15) is 9.59 Å². The van der Waals surface area contributed by atoms with Gasteiger partial charge in [0.2, 0.25) is 5.91 Å². The Balaban J connectivity index is 1.38. The van der Waals surface area contributed by atoms with E-state index in [1.807, 2.05) is 35.7 Å². The Morgan fingerprint density at radius 3 is 2.68 bits per heavy atom. The van der Waals surface area contributed by atoms with E-state index in [1.54, 1.807) is 0 Å². The normalized spacial score (nSPS) is 18.5. The Labute approximate surface area is 223 Å². The molecule has 9 heteroatoms. The summed E-state index contributed by atoms with van der Waals surface area (Å²) in [7, 11) is 2.08. The minimum absolute atomic E-state index is 0.0427. The highest BCUT2D eigenvalue weighted by Crippen LogP contribution is 2.28. The lowest BCUT2D eigenvalue weighted by Crippen LogP contribution is -2.39. The Hall–Kier alpha value is -3.30. The summed E-state index contributed by atoms with van der Waals surface area (Å²) in [4.78, 5) is 37.7. The third kappa shape index (κ3) is 5.31. The van der Waals surface area contributed by atoms with Crippen molar-refractivity contribution in [3.05, 3.63) is 62.8 Å². The SMILES string of the molecule is Cc1cc(C)c(CNCc2cc(C3=CCN(C(=O)C4CCN(C)C4)CC3)nc3c2cnn3C(C)C)c(=O)[nH]1. The first kappa shape index (κ1) is 26.3. The second kappa shape index (κ2) is 10.8. The molecule has 2 N–H and O–H groups in total. The first-order chi connectivity index (χ1) is 18.2. The fourth-order valence-corrected chi connectivity index (χ4v) is 5.69. The van der Waals surface area contributed by atoms with Gasteiger partial charge >= 0.3 is 0 Å². The molecule has 1 amide bonds. The molecule has 38 heavy (non-hydrogen) atoms. The molecule has 0 bridgehead atoms. The minimum atomic E-state index is -0.0427. The number of aromatic amines is 1. The van der Waals surface area contributed by atoms with E-state index < -0.39 is 0 Å². The van der Waals surface area contributed by atoms with Gasteiger partial charge < -0.3 is 20.1 Å². The smallest absolute Gasteiger partial charge is 0.252 e. The second-order valence-corrected chi connectivity index (χ2v) is 11.1. The molecule has 1 atom stereocenters. The summed E-state index contributed by atoms with van der Waals surface area (Å²) in [5.41, 5.74) is 6.65. The number of H-pyrrole nitrogens is 1. The first-order valence-electron chi connectivity index (χ1n) is 13.6. The van der Waals surface area contributed by atoms with E-state index >= 15 is 0 Å². The predicted octanol–water partition coefficient (Wildman–Crippen LogP) is 3.17. The molecule has 0 spiro atoms. The number of amides is 1. The van der Waals surface area contributed by atoms with Crippen molar-refractivity contribution in [3.63, 3.8) is 0 Å². The van der Waals surface area contributed by atoms with E-state index in [2.05, 4.69) is 53.3 Å². The van der Waals surface area contributed by atoms with Crippen molar-refractivity contribution in [1.82, 2.24) is 34.9 Å². The van der Waals surface area contributed by atoms with Crippen molar-refractivity contribution in [3.8, 4) is 0 Å². The van der Waals surface area contributed by atoms with Gasteiger partial charge in [-0.2, -0.15) is 5.10 Å². The molecule has 3 aromatic heterocycles. The fourth-order valence-electron chi connectivity index (χ4n) is 5.69. The Morgan fingerprint density at radius 2 is 2.03 bits per heavy atom. The summed E-state index contributed by atoms with van der Waals surface area (Å²) in [6, 6.07) is 4.33. The molecule has 2 aliphatic rings. The number of hydrogen-bond acceptors (Lipinski definition) is 6. The monoisotopic (exact) mass is 517 g/mol. The van der Waals surface area contributed by atoms with Crippen LogP contribution in [-0.2, 0) is 17.9 Å². The topological polar surface area (TPSA) is 99.2 Å². The Morgan fingerprint density at radius 1 is 1.21 bits per heavy atom. The highest BCUT2D eigenvalue weighted by atomic mass is 16.2. The molecule has 1 unspecified atom stereocenters. The van der Waals surface area contributed by atoms with Crippen LogP contribution in [0.2, 0.25) is 0 Å². The molecule has 0 radical (unpaired) electrons. The zero-order valence-corrected chi connectivity index (χ0v) is 23.2. The van der Waals surface area contributed by atoms with Crippen LogP contribution in [0.5, 0.6) is 0 Å². The third-order valence-electron chi connectivity index (χ3n) is 7.84. The van der Waals surface area contributed by atoms with Gasteiger partial charge in [0.05, 0.1) is 17.8 Å². The molecule has 0 saturated carbocycles. The van der Waals surface area contributed by atoms with Crippen molar-refractivity contribution in [2.75, 3.05) is 33.2 Å². The number of fused-ring (bicyclic) bond motifs is 1. The van der Waals surface area contributed by atoms with Crippen LogP contribution in [0, 0.1) is 19.8 Å². The first-order valence-corrected chi connectivity index (χ1v) is 13.6. The van der Waals surface area contributed by atoms with Crippen molar-refractivity contribution >= 4 is 22.5 Å². The number of aromatic nitrogens is 4. The van der Waals surface area contributed by atoms with Crippen molar-refractivity contribution in [1.29, 1.82) is 0 Å². The molecule has 0 aliphatic carbocycles. The molecule has 0 aromatic carbocycles. The van der Waals surface area contributed by atoms with Crippen LogP contribution in [0.15, 0.2) is 29.2 Å². The fraction of sp³-hybridized carbons (Fsp3) is 0.517. The highest BCUT2D eigenvalue weighted by Gasteiger charge is 2.30. The average Bonchev–Trinajstić information content (AvgIpc) is 3.51. The van der Waals surface area contributed by atoms with Gasteiger partial charge in [-0.15, -0.1) is 0 Å². The maximum atomic E-state index is 13.0. The molecular formula is C29H39N7O2. The summed E-state index contributed by atoms with van der Waals surface area (Å²) in [6.45, 7) is 12.4. The lowest BCUT2D eigenvalue weighted by Gasteiger charge is -2.29. The van der Waals surface area contributed by atoms with Crippen LogP contribution in [-0.4, -0.2) is 68.7 Å². The zero-order valence-electron chi connectivity index (χ0n) is 23.2. The van der Waals surface area contributed by atoms with Crippen LogP contribution < -0.4 is 10.9 Å². The van der Waals surface area contributed by atoms with E-state index in [0.717, 1.165) is 71.6 Å². The number of aryl methyl sites for hydroxylation is 2. The lowest BCUT2D eigenvalue weighted by molar-refractivity contribution is -0.134. The molecule has 202 valence electrons. The van der Waals surface area contributed by atoms with Gasteiger partial charge in [-0.3, -0.25) is 9.59 Å². The Bertz CT molecular complexity index is 1430. The number of carbonyl (C=O) groups excluding carboxylic acids is 1. The van der Waals surface area contributed by atoms with Crippen LogP contribution in [0.25, 0.3) is 16.6 Å². The predicted molar refractivity (Wildman–Crippen MR) is 150 cm³/mol. The number of carbonyl (C=O) groups is 1. The number of nitrogens with one attached hydrogen (secondary N) is 2. The summed E-state index contributed by atoms with van der Waals surface area (Å²) in [5, 5.41) is 9.12. The highest BCUT2D eigenvalue weighted by molar-refractivity contribution is 5.83. The van der Waals surface area contributed by atoms with Crippen LogP contribution in [0.1, 0.15) is 60.8 Å². The molecule has 9 nitrogen and oxygen atoms in total. The summed E-state index contributed by atoms with van der Waals surface area (Å²) < 4.78 is 1.97. The number of pyridine rings is 2. The van der Waals surface area contributed by atoms with Gasteiger partial charge in [-0.25, -0.2) is 9.67 Å². The maximum absolute atomic E-state index is 13.0. The van der Waals surface area contributed by atoms with Crippen LogP contribution >= 0.6 is 0 Å². The average molecular weight is 518 g/mol. The summed E-state index contributed by atoms with van der Waals surface area (Å²) >= 11 is 0. The van der Waals surface area contributed by atoms with Crippen LogP contribution in [0.4, 0.5) is 0 Å². The van der Waals surface area contributed by atoms with Gasteiger partial charge in [-0.05, 0) is 83.0 Å². The molecular weight excluding hydrogens is 478 g/mol. The molecule has 1 fully saturated rings. The number of hydrogen-bond donors (Lipinski definition) is 2. The largest absolute Gasteiger partial charge is 0.338 e. The maximum Gasteiger partial charge on any atom is 0.252 e. The molecule has 5 rings (SSSR count). The van der Waals surface area contributed by atoms with Gasteiger partial charge in [-0.1, -0.05) is 6.08 Å². The molecule has 2 aliphatic heterocycles. The molecule has 3 aromatic rings. The number of nitrogens with zero attached hydrogens (tertiary/aromatic N) is 5. The zero-order chi connectivity index (χ0) is 27.0. The van der Waals surface area contributed by atoms with Gasteiger partial charge in [0, 0.05) is 55.4 Å². The van der Waals surface area contributed by atoms with E-state index in [-0.39, 0.29) is 23.4 Å². The van der Waals surface area contributed by atoms with Crippen molar-refractivity contribution < 1.29 is 4.79 Å². The van der Waals surface area contributed by atoms with Gasteiger partial charge in [0.25, 0.3) is 5.56 Å². The van der Waals surface area contributed by atoms with Gasteiger partial charge in [0.1, 0.15) is 0 Å². The molecule has 5 heterocycles. The second-order valence-electron chi connectivity index (χ2n) is 11.1.